The number of ether oxygens (including phenoxy) is 1. The summed E-state index contributed by atoms with van der Waals surface area (Å²) in [5.74, 6) is 0.443. The van der Waals surface area contributed by atoms with Crippen LogP contribution in [0.25, 0.3) is 33.5 Å². The summed E-state index contributed by atoms with van der Waals surface area (Å²) in [5, 5.41) is 4.12. The SMILES string of the molecule is O=c1oc2ccc(Br)cc2cc1-c1cc(-c2ccccc2Br)nc(NCN2CCOCC2)n1. The van der Waals surface area contributed by atoms with Gasteiger partial charge >= 0.3 is 5.63 Å². The van der Waals surface area contributed by atoms with Crippen molar-refractivity contribution >= 4 is 48.8 Å². The maximum Gasteiger partial charge on any atom is 0.345 e. The minimum absolute atomic E-state index is 0.380. The number of hydrogen-bond acceptors (Lipinski definition) is 7. The number of fused-ring (bicyclic) bond motifs is 1. The zero-order valence-corrected chi connectivity index (χ0v) is 20.7. The van der Waals surface area contributed by atoms with Crippen LogP contribution in [-0.2, 0) is 4.74 Å². The second-order valence-electron chi connectivity index (χ2n) is 7.64. The quantitative estimate of drug-likeness (QED) is 0.332. The fourth-order valence-corrected chi connectivity index (χ4v) is 4.55. The third-order valence-electron chi connectivity index (χ3n) is 5.41. The average Bonchev–Trinajstić information content (AvgIpc) is 2.83. The van der Waals surface area contributed by atoms with Gasteiger partial charge in [0.25, 0.3) is 0 Å². The Morgan fingerprint density at radius 1 is 0.939 bits per heavy atom. The van der Waals surface area contributed by atoms with E-state index in [-0.39, 0.29) is 0 Å². The average molecular weight is 572 g/mol. The molecule has 1 aliphatic heterocycles. The predicted molar refractivity (Wildman–Crippen MR) is 135 cm³/mol. The van der Waals surface area contributed by atoms with E-state index in [1.807, 2.05) is 48.5 Å². The Balaban J connectivity index is 1.59. The lowest BCUT2D eigenvalue weighted by atomic mass is 10.1. The Bertz CT molecular complexity index is 1370. The minimum atomic E-state index is -0.444. The molecule has 0 unspecified atom stereocenters. The molecule has 1 saturated heterocycles. The van der Waals surface area contributed by atoms with Crippen molar-refractivity contribution in [3.8, 4) is 22.5 Å². The van der Waals surface area contributed by atoms with Gasteiger partial charge in [0.1, 0.15) is 5.58 Å². The summed E-state index contributed by atoms with van der Waals surface area (Å²) in [6.45, 7) is 3.68. The van der Waals surface area contributed by atoms with Crippen LogP contribution in [0.5, 0.6) is 0 Å². The van der Waals surface area contributed by atoms with Gasteiger partial charge in [-0.05, 0) is 36.4 Å². The molecule has 5 rings (SSSR count). The fraction of sp³-hybridized carbons (Fsp3) is 0.208. The number of rotatable bonds is 5. The van der Waals surface area contributed by atoms with E-state index in [0.717, 1.165) is 33.0 Å². The number of nitrogens with zero attached hydrogens (tertiary/aromatic N) is 3. The second kappa shape index (κ2) is 9.72. The van der Waals surface area contributed by atoms with Crippen molar-refractivity contribution < 1.29 is 9.15 Å². The Kier molecular flexibility index (Phi) is 6.55. The summed E-state index contributed by atoms with van der Waals surface area (Å²) in [5.41, 5.74) is 2.56. The van der Waals surface area contributed by atoms with E-state index in [1.54, 1.807) is 6.07 Å². The summed E-state index contributed by atoms with van der Waals surface area (Å²) < 4.78 is 12.8. The molecule has 7 nitrogen and oxygen atoms in total. The van der Waals surface area contributed by atoms with Crippen molar-refractivity contribution in [2.75, 3.05) is 38.3 Å². The molecule has 1 N–H and O–H groups in total. The zero-order valence-electron chi connectivity index (χ0n) is 17.6. The monoisotopic (exact) mass is 570 g/mol. The first kappa shape index (κ1) is 22.2. The van der Waals surface area contributed by atoms with Crippen LogP contribution in [0.1, 0.15) is 0 Å². The minimum Gasteiger partial charge on any atom is -0.422 e. The Morgan fingerprint density at radius 2 is 1.70 bits per heavy atom. The molecule has 2 aromatic heterocycles. The molecule has 1 aliphatic rings. The molecule has 0 saturated carbocycles. The van der Waals surface area contributed by atoms with Crippen LogP contribution >= 0.6 is 31.9 Å². The molecular formula is C24H20Br2N4O3. The van der Waals surface area contributed by atoms with Gasteiger partial charge in [-0.2, -0.15) is 0 Å². The molecule has 2 aromatic carbocycles. The van der Waals surface area contributed by atoms with Crippen LogP contribution in [-0.4, -0.2) is 47.8 Å². The molecular weight excluding hydrogens is 552 g/mol. The highest BCUT2D eigenvalue weighted by Crippen LogP contribution is 2.30. The van der Waals surface area contributed by atoms with Gasteiger partial charge in [-0.25, -0.2) is 14.8 Å². The van der Waals surface area contributed by atoms with Crippen molar-refractivity contribution in [2.45, 2.75) is 0 Å². The summed E-state index contributed by atoms with van der Waals surface area (Å²) in [4.78, 5) is 24.5. The smallest absolute Gasteiger partial charge is 0.345 e. The second-order valence-corrected chi connectivity index (χ2v) is 9.41. The predicted octanol–water partition coefficient (Wildman–Crippen LogP) is 5.14. The molecule has 33 heavy (non-hydrogen) atoms. The fourth-order valence-electron chi connectivity index (χ4n) is 3.69. The lowest BCUT2D eigenvalue weighted by Crippen LogP contribution is -2.39. The molecule has 0 atom stereocenters. The van der Waals surface area contributed by atoms with Gasteiger partial charge in [-0.3, -0.25) is 4.90 Å². The van der Waals surface area contributed by atoms with Crippen LogP contribution in [0.3, 0.4) is 0 Å². The van der Waals surface area contributed by atoms with Gasteiger partial charge in [0.15, 0.2) is 0 Å². The largest absolute Gasteiger partial charge is 0.422 e. The van der Waals surface area contributed by atoms with Crippen LogP contribution in [0.2, 0.25) is 0 Å². The van der Waals surface area contributed by atoms with Crippen molar-refractivity contribution in [2.24, 2.45) is 0 Å². The third kappa shape index (κ3) is 5.01. The molecule has 1 fully saturated rings. The van der Waals surface area contributed by atoms with E-state index in [4.69, 9.17) is 14.1 Å². The van der Waals surface area contributed by atoms with E-state index >= 15 is 0 Å². The lowest BCUT2D eigenvalue weighted by molar-refractivity contribution is 0.0414. The number of anilines is 1. The molecule has 0 amide bonds. The zero-order chi connectivity index (χ0) is 22.8. The van der Waals surface area contributed by atoms with Crippen LogP contribution in [0.4, 0.5) is 5.95 Å². The van der Waals surface area contributed by atoms with E-state index in [9.17, 15) is 4.79 Å². The molecule has 0 spiro atoms. The maximum absolute atomic E-state index is 12.9. The Hall–Kier alpha value is -2.59. The number of morpholine rings is 1. The summed E-state index contributed by atoms with van der Waals surface area (Å²) >= 11 is 7.08. The van der Waals surface area contributed by atoms with Crippen molar-refractivity contribution in [3.05, 3.63) is 74.0 Å². The Morgan fingerprint density at radius 3 is 2.48 bits per heavy atom. The van der Waals surface area contributed by atoms with Gasteiger partial charge < -0.3 is 14.5 Å². The lowest BCUT2D eigenvalue weighted by Gasteiger charge is -2.26. The van der Waals surface area contributed by atoms with Gasteiger partial charge in [-0.15, -0.1) is 0 Å². The molecule has 0 aliphatic carbocycles. The van der Waals surface area contributed by atoms with Crippen molar-refractivity contribution in [1.29, 1.82) is 0 Å². The summed E-state index contributed by atoms with van der Waals surface area (Å²) in [6, 6.07) is 17.0. The van der Waals surface area contributed by atoms with Gasteiger partial charge in [0.2, 0.25) is 5.95 Å². The normalized spacial score (nSPS) is 14.5. The van der Waals surface area contributed by atoms with E-state index in [0.29, 0.717) is 48.4 Å². The molecule has 168 valence electrons. The first-order chi connectivity index (χ1) is 16.1. The topological polar surface area (TPSA) is 80.5 Å². The highest BCUT2D eigenvalue weighted by molar-refractivity contribution is 9.10. The number of halogens is 2. The first-order valence-electron chi connectivity index (χ1n) is 10.5. The number of aromatic nitrogens is 2. The van der Waals surface area contributed by atoms with E-state index in [1.165, 1.54) is 0 Å². The molecule has 0 bridgehead atoms. The molecule has 4 aromatic rings. The summed E-state index contributed by atoms with van der Waals surface area (Å²) in [6.07, 6.45) is 0. The third-order valence-corrected chi connectivity index (χ3v) is 6.60. The van der Waals surface area contributed by atoms with Crippen LogP contribution < -0.4 is 10.9 Å². The Labute approximate surface area is 207 Å². The standard InChI is InChI=1S/C24H20Br2N4O3/c25-16-5-6-22-15(11-16)12-18(23(31)33-22)21-13-20(17-3-1-2-4-19(17)26)28-24(29-21)27-14-30-7-9-32-10-8-30/h1-6,11-13H,7-10,14H2,(H,27,28,29). The van der Waals surface area contributed by atoms with Gasteiger partial charge in [0.05, 0.1) is 36.8 Å². The highest BCUT2D eigenvalue weighted by Gasteiger charge is 2.16. The molecule has 3 heterocycles. The number of benzene rings is 2. The van der Waals surface area contributed by atoms with E-state index in [2.05, 4.69) is 47.1 Å². The van der Waals surface area contributed by atoms with Crippen LogP contribution in [0, 0.1) is 0 Å². The molecule has 9 heteroatoms. The summed E-state index contributed by atoms with van der Waals surface area (Å²) in [7, 11) is 0. The maximum atomic E-state index is 12.9. The first-order valence-corrected chi connectivity index (χ1v) is 12.1. The number of hydrogen-bond donors (Lipinski definition) is 1. The van der Waals surface area contributed by atoms with Gasteiger partial charge in [-0.1, -0.05) is 50.1 Å². The van der Waals surface area contributed by atoms with Gasteiger partial charge in [0, 0.05) is 33.0 Å². The number of nitrogens with one attached hydrogen (secondary N) is 1. The van der Waals surface area contributed by atoms with Crippen molar-refractivity contribution in [3.63, 3.8) is 0 Å². The highest BCUT2D eigenvalue weighted by atomic mass is 79.9. The molecule has 0 radical (unpaired) electrons. The van der Waals surface area contributed by atoms with Crippen molar-refractivity contribution in [1.82, 2.24) is 14.9 Å². The van der Waals surface area contributed by atoms with E-state index < -0.39 is 5.63 Å². The van der Waals surface area contributed by atoms with Crippen LogP contribution in [0.15, 0.2) is 72.8 Å².